The Kier molecular flexibility index (Phi) is 9.96. The minimum atomic E-state index is 0. The molecule has 1 saturated carbocycles. The van der Waals surface area contributed by atoms with E-state index in [0.29, 0.717) is 31.8 Å². The molecule has 1 aliphatic rings. The number of aliphatic imine (C=N–C) groups is 1. The average molecular weight is 494 g/mol. The van der Waals surface area contributed by atoms with E-state index in [1.54, 1.807) is 7.11 Å². The highest BCUT2D eigenvalue weighted by Crippen LogP contribution is 2.48. The van der Waals surface area contributed by atoms with Gasteiger partial charge in [-0.15, -0.1) is 34.2 Å². The maximum absolute atomic E-state index is 5.70. The number of ether oxygens (including phenoxy) is 2. The largest absolute Gasteiger partial charge is 0.383 e. The Balaban J connectivity index is 0.00000364. The van der Waals surface area contributed by atoms with Crippen LogP contribution in [0.4, 0.5) is 0 Å². The van der Waals surface area contributed by atoms with Crippen LogP contribution in [0.15, 0.2) is 4.99 Å². The van der Waals surface area contributed by atoms with E-state index in [2.05, 4.69) is 34.7 Å². The monoisotopic (exact) mass is 494 g/mol. The molecule has 1 fully saturated rings. The first-order valence-corrected chi connectivity index (χ1v) is 9.43. The summed E-state index contributed by atoms with van der Waals surface area (Å²) in [6.45, 7) is 8.22. The van der Waals surface area contributed by atoms with E-state index in [9.17, 15) is 0 Å². The summed E-state index contributed by atoms with van der Waals surface area (Å²) in [7, 11) is 5.46. The lowest BCUT2D eigenvalue weighted by Gasteiger charge is -2.55. The molecule has 1 heterocycles. The van der Waals surface area contributed by atoms with Crippen molar-refractivity contribution in [1.82, 2.24) is 25.4 Å². The second-order valence-electron chi connectivity index (χ2n) is 6.90. The van der Waals surface area contributed by atoms with Gasteiger partial charge in [0.25, 0.3) is 0 Å². The second kappa shape index (κ2) is 11.2. The third kappa shape index (κ3) is 5.32. The summed E-state index contributed by atoms with van der Waals surface area (Å²) in [4.78, 5) is 4.72. The Morgan fingerprint density at radius 2 is 2.00 bits per heavy atom. The number of aromatic nitrogens is 3. The second-order valence-corrected chi connectivity index (χ2v) is 6.90. The molecule has 2 atom stereocenters. The van der Waals surface area contributed by atoms with Gasteiger partial charge < -0.3 is 24.7 Å². The van der Waals surface area contributed by atoms with Gasteiger partial charge in [0.15, 0.2) is 11.8 Å². The number of nitrogens with zero attached hydrogens (tertiary/aromatic N) is 4. The normalized spacial score (nSPS) is 21.3. The van der Waals surface area contributed by atoms with Gasteiger partial charge in [-0.1, -0.05) is 13.8 Å². The van der Waals surface area contributed by atoms with Crippen LogP contribution in [0.5, 0.6) is 0 Å². The van der Waals surface area contributed by atoms with Gasteiger partial charge >= 0.3 is 0 Å². The highest BCUT2D eigenvalue weighted by Gasteiger charge is 2.53. The number of hydrogen-bond donors (Lipinski definition) is 2. The van der Waals surface area contributed by atoms with Gasteiger partial charge in [0.1, 0.15) is 12.4 Å². The Bertz CT molecular complexity index is 603. The molecule has 1 aromatic heterocycles. The summed E-state index contributed by atoms with van der Waals surface area (Å²) < 4.78 is 12.8. The molecule has 2 rings (SSSR count). The maximum atomic E-state index is 5.70. The SMILES string of the molecule is CCC1(CC)C(NC(=NCc2nnc(C)n2C)NCCOC)CC1OC.I. The predicted molar refractivity (Wildman–Crippen MR) is 118 cm³/mol. The van der Waals surface area contributed by atoms with Crippen LogP contribution >= 0.6 is 24.0 Å². The summed E-state index contributed by atoms with van der Waals surface area (Å²) >= 11 is 0. The predicted octanol–water partition coefficient (Wildman–Crippen LogP) is 2.02. The highest BCUT2D eigenvalue weighted by atomic mass is 127. The van der Waals surface area contributed by atoms with Crippen LogP contribution in [0.2, 0.25) is 0 Å². The molecule has 0 aliphatic heterocycles. The topological polar surface area (TPSA) is 85.6 Å². The van der Waals surface area contributed by atoms with Crippen LogP contribution < -0.4 is 10.6 Å². The summed E-state index contributed by atoms with van der Waals surface area (Å²) in [5, 5.41) is 15.2. The first kappa shape index (κ1) is 24.1. The number of aryl methyl sites for hydroxylation is 1. The minimum absolute atomic E-state index is 0. The average Bonchev–Trinajstić information content (AvgIpc) is 2.95. The van der Waals surface area contributed by atoms with Crippen molar-refractivity contribution in [1.29, 1.82) is 0 Å². The van der Waals surface area contributed by atoms with Crippen LogP contribution in [0.25, 0.3) is 0 Å². The van der Waals surface area contributed by atoms with Gasteiger partial charge in [-0.05, 0) is 26.2 Å². The van der Waals surface area contributed by atoms with Crippen molar-refractivity contribution in [2.24, 2.45) is 17.5 Å². The third-order valence-corrected chi connectivity index (χ3v) is 5.86. The zero-order valence-corrected chi connectivity index (χ0v) is 19.7. The lowest BCUT2D eigenvalue weighted by Crippen LogP contribution is -2.65. The molecular formula is C18H35IN6O2. The van der Waals surface area contributed by atoms with Crippen LogP contribution in [-0.4, -0.2) is 60.2 Å². The number of hydrogen-bond acceptors (Lipinski definition) is 5. The molecule has 2 N–H and O–H groups in total. The molecule has 0 aromatic carbocycles. The number of guanidine groups is 1. The van der Waals surface area contributed by atoms with E-state index in [-0.39, 0.29) is 29.4 Å². The molecule has 1 aliphatic carbocycles. The van der Waals surface area contributed by atoms with Gasteiger partial charge in [0.2, 0.25) is 0 Å². The quantitative estimate of drug-likeness (QED) is 0.237. The molecule has 0 bridgehead atoms. The van der Waals surface area contributed by atoms with Crippen LogP contribution in [-0.2, 0) is 23.1 Å². The molecule has 8 nitrogen and oxygen atoms in total. The summed E-state index contributed by atoms with van der Waals surface area (Å²) in [5.74, 6) is 2.51. The first-order valence-electron chi connectivity index (χ1n) is 9.43. The molecule has 9 heteroatoms. The minimum Gasteiger partial charge on any atom is -0.383 e. The van der Waals surface area contributed by atoms with E-state index < -0.39 is 0 Å². The lowest BCUT2D eigenvalue weighted by molar-refractivity contribution is -0.118. The Morgan fingerprint density at radius 3 is 2.52 bits per heavy atom. The standard InChI is InChI=1S/C18H34N6O2.HI/c1-7-18(8-2)14(11-15(18)26-6)21-17(19-9-10-25-5)20-12-16-23-22-13(3)24(16)4;/h14-15H,7-12H2,1-6H3,(H2,19,20,21);1H. The molecular weight excluding hydrogens is 459 g/mol. The fourth-order valence-electron chi connectivity index (χ4n) is 3.81. The number of nitrogens with one attached hydrogen (secondary N) is 2. The van der Waals surface area contributed by atoms with E-state index >= 15 is 0 Å². The molecule has 2 unspecified atom stereocenters. The van der Waals surface area contributed by atoms with Crippen molar-refractivity contribution in [2.75, 3.05) is 27.4 Å². The number of halogens is 1. The van der Waals surface area contributed by atoms with Gasteiger partial charge in [0, 0.05) is 39.3 Å². The first-order chi connectivity index (χ1) is 12.5. The Hall–Kier alpha value is -0.940. The zero-order chi connectivity index (χ0) is 19.2. The van der Waals surface area contributed by atoms with E-state index in [4.69, 9.17) is 14.5 Å². The van der Waals surface area contributed by atoms with Crippen molar-refractivity contribution >= 4 is 29.9 Å². The van der Waals surface area contributed by atoms with Crippen LogP contribution in [0.3, 0.4) is 0 Å². The summed E-state index contributed by atoms with van der Waals surface area (Å²) in [6, 6.07) is 0.345. The van der Waals surface area contributed by atoms with Gasteiger partial charge in [0.05, 0.1) is 12.7 Å². The smallest absolute Gasteiger partial charge is 0.192 e. The summed E-state index contributed by atoms with van der Waals surface area (Å²) in [6.07, 6.45) is 3.45. The van der Waals surface area contributed by atoms with E-state index in [1.165, 1.54) is 0 Å². The van der Waals surface area contributed by atoms with Crippen molar-refractivity contribution in [3.63, 3.8) is 0 Å². The van der Waals surface area contributed by atoms with E-state index in [0.717, 1.165) is 36.9 Å². The Morgan fingerprint density at radius 1 is 1.30 bits per heavy atom. The van der Waals surface area contributed by atoms with Crippen molar-refractivity contribution in [3.8, 4) is 0 Å². The summed E-state index contributed by atoms with van der Waals surface area (Å²) in [5.41, 5.74) is 0.153. The van der Waals surface area contributed by atoms with Crippen molar-refractivity contribution < 1.29 is 9.47 Å². The van der Waals surface area contributed by atoms with Gasteiger partial charge in [-0.25, -0.2) is 4.99 Å². The fraction of sp³-hybridized carbons (Fsp3) is 0.833. The lowest BCUT2D eigenvalue weighted by atomic mass is 9.58. The van der Waals surface area contributed by atoms with Crippen molar-refractivity contribution in [3.05, 3.63) is 11.6 Å². The van der Waals surface area contributed by atoms with Crippen molar-refractivity contribution in [2.45, 2.75) is 58.7 Å². The molecule has 0 amide bonds. The molecule has 156 valence electrons. The molecule has 27 heavy (non-hydrogen) atoms. The highest BCUT2D eigenvalue weighted by molar-refractivity contribution is 14.0. The number of methoxy groups -OCH3 is 2. The van der Waals surface area contributed by atoms with Crippen LogP contribution in [0, 0.1) is 12.3 Å². The zero-order valence-electron chi connectivity index (χ0n) is 17.4. The molecule has 0 spiro atoms. The molecule has 0 saturated heterocycles. The maximum Gasteiger partial charge on any atom is 0.192 e. The third-order valence-electron chi connectivity index (χ3n) is 5.86. The van der Waals surface area contributed by atoms with Gasteiger partial charge in [-0.2, -0.15) is 0 Å². The van der Waals surface area contributed by atoms with Gasteiger partial charge in [-0.3, -0.25) is 0 Å². The fourth-order valence-corrected chi connectivity index (χ4v) is 3.81. The number of rotatable bonds is 9. The van der Waals surface area contributed by atoms with E-state index in [1.807, 2.05) is 25.6 Å². The molecule has 1 aromatic rings. The Labute approximate surface area is 179 Å². The molecule has 0 radical (unpaired) electrons. The van der Waals surface area contributed by atoms with Crippen LogP contribution in [0.1, 0.15) is 44.8 Å².